The largest absolute Gasteiger partial charge is 0.342 e. The SMILES string of the molecule is CN(C(=O)Cc1ccc(NC2=N[C@@H]3CS(=O)(=O)C[C@@H]3S2)cc1)C1CCCCC1. The standard InChI is InChI=1S/C20H27N3O3S2/c1-23(16-5-3-2-4-6-16)19(24)11-14-7-9-15(10-8-14)21-20-22-17-12-28(25,26)13-18(17)27-20/h7-10,16-18H,2-6,11-13H2,1H3,(H,21,22)/t17-,18+/m1/s1. The summed E-state index contributed by atoms with van der Waals surface area (Å²) in [7, 11) is -0.995. The number of thioether (sulfide) groups is 1. The van der Waals surface area contributed by atoms with Crippen molar-refractivity contribution in [3.8, 4) is 0 Å². The van der Waals surface area contributed by atoms with Crippen molar-refractivity contribution in [2.24, 2.45) is 4.99 Å². The van der Waals surface area contributed by atoms with Crippen LogP contribution in [-0.2, 0) is 21.1 Å². The van der Waals surface area contributed by atoms with Crippen LogP contribution in [0.5, 0.6) is 0 Å². The van der Waals surface area contributed by atoms with Crippen LogP contribution in [0.15, 0.2) is 29.3 Å². The Morgan fingerprint density at radius 1 is 1.18 bits per heavy atom. The van der Waals surface area contributed by atoms with Gasteiger partial charge in [-0.3, -0.25) is 9.79 Å². The Morgan fingerprint density at radius 3 is 2.57 bits per heavy atom. The number of amidine groups is 1. The number of sulfone groups is 1. The first-order valence-corrected chi connectivity index (χ1v) is 12.7. The van der Waals surface area contributed by atoms with Crippen molar-refractivity contribution < 1.29 is 13.2 Å². The molecule has 2 fully saturated rings. The minimum atomic E-state index is -2.93. The molecule has 0 spiro atoms. The lowest BCUT2D eigenvalue weighted by molar-refractivity contribution is -0.131. The molecule has 2 heterocycles. The Bertz CT molecular complexity index is 861. The fraction of sp³-hybridized carbons (Fsp3) is 0.600. The van der Waals surface area contributed by atoms with Crippen molar-refractivity contribution in [3.63, 3.8) is 0 Å². The number of benzene rings is 1. The van der Waals surface area contributed by atoms with Crippen molar-refractivity contribution in [1.82, 2.24) is 4.90 Å². The van der Waals surface area contributed by atoms with Gasteiger partial charge in [-0.2, -0.15) is 0 Å². The summed E-state index contributed by atoms with van der Waals surface area (Å²) in [6, 6.07) is 8.13. The van der Waals surface area contributed by atoms with Gasteiger partial charge in [0.25, 0.3) is 0 Å². The summed E-state index contributed by atoms with van der Waals surface area (Å²) in [6.45, 7) is 0. The summed E-state index contributed by atoms with van der Waals surface area (Å²) in [4.78, 5) is 19.0. The molecule has 2 atom stereocenters. The van der Waals surface area contributed by atoms with Gasteiger partial charge in [0.05, 0.1) is 24.0 Å². The predicted octanol–water partition coefficient (Wildman–Crippen LogP) is 2.70. The second-order valence-corrected chi connectivity index (χ2v) is 11.4. The lowest BCUT2D eigenvalue weighted by Crippen LogP contribution is -2.39. The van der Waals surface area contributed by atoms with Gasteiger partial charge in [-0.25, -0.2) is 8.42 Å². The molecule has 1 aromatic carbocycles. The van der Waals surface area contributed by atoms with E-state index in [1.54, 1.807) is 0 Å². The zero-order valence-corrected chi connectivity index (χ0v) is 17.8. The lowest BCUT2D eigenvalue weighted by Gasteiger charge is -2.31. The number of nitrogens with zero attached hydrogens (tertiary/aromatic N) is 2. The number of hydrogen-bond acceptors (Lipinski definition) is 6. The van der Waals surface area contributed by atoms with Crippen molar-refractivity contribution >= 4 is 38.4 Å². The number of amides is 1. The van der Waals surface area contributed by atoms with Gasteiger partial charge in [-0.1, -0.05) is 43.2 Å². The van der Waals surface area contributed by atoms with Gasteiger partial charge < -0.3 is 10.2 Å². The number of rotatable bonds is 4. The molecule has 1 saturated carbocycles. The van der Waals surface area contributed by atoms with Gasteiger partial charge in [0, 0.05) is 24.0 Å². The van der Waals surface area contributed by atoms with E-state index in [0.717, 1.165) is 29.3 Å². The van der Waals surface area contributed by atoms with E-state index < -0.39 is 9.84 Å². The van der Waals surface area contributed by atoms with Gasteiger partial charge in [-0.05, 0) is 30.5 Å². The van der Waals surface area contributed by atoms with Gasteiger partial charge in [0.15, 0.2) is 15.0 Å². The maximum absolute atomic E-state index is 12.6. The first-order chi connectivity index (χ1) is 13.4. The first-order valence-electron chi connectivity index (χ1n) is 9.96. The Morgan fingerprint density at radius 2 is 1.89 bits per heavy atom. The molecule has 1 saturated heterocycles. The molecule has 0 aromatic heterocycles. The van der Waals surface area contributed by atoms with E-state index >= 15 is 0 Å². The Balaban J connectivity index is 1.31. The third kappa shape index (κ3) is 4.54. The summed E-state index contributed by atoms with van der Waals surface area (Å²) in [6.07, 6.45) is 6.39. The summed E-state index contributed by atoms with van der Waals surface area (Å²) < 4.78 is 23.3. The second kappa shape index (κ2) is 8.06. The van der Waals surface area contributed by atoms with E-state index in [2.05, 4.69) is 10.3 Å². The summed E-state index contributed by atoms with van der Waals surface area (Å²) >= 11 is 1.51. The topological polar surface area (TPSA) is 78.8 Å². The maximum Gasteiger partial charge on any atom is 0.226 e. The molecule has 3 aliphatic rings. The summed E-state index contributed by atoms with van der Waals surface area (Å²) in [5, 5.41) is 4.10. The zero-order valence-electron chi connectivity index (χ0n) is 16.1. The van der Waals surface area contributed by atoms with Crippen molar-refractivity contribution in [1.29, 1.82) is 0 Å². The predicted molar refractivity (Wildman–Crippen MR) is 115 cm³/mol. The van der Waals surface area contributed by atoms with Crippen LogP contribution in [-0.4, -0.2) is 60.3 Å². The average molecular weight is 422 g/mol. The number of carbonyl (C=O) groups is 1. The van der Waals surface area contributed by atoms with Crippen LogP contribution in [0.4, 0.5) is 5.69 Å². The Labute approximate surface area is 171 Å². The van der Waals surface area contributed by atoms with Gasteiger partial charge in [-0.15, -0.1) is 0 Å². The molecule has 0 unspecified atom stereocenters. The van der Waals surface area contributed by atoms with Crippen LogP contribution >= 0.6 is 11.8 Å². The Kier molecular flexibility index (Phi) is 5.69. The van der Waals surface area contributed by atoms with Crippen LogP contribution in [0.25, 0.3) is 0 Å². The normalized spacial score (nSPS) is 26.5. The maximum atomic E-state index is 12.6. The minimum absolute atomic E-state index is 0.0414. The molecule has 2 aliphatic heterocycles. The number of hydrogen-bond donors (Lipinski definition) is 1. The van der Waals surface area contributed by atoms with Crippen LogP contribution < -0.4 is 5.32 Å². The molecule has 1 aliphatic carbocycles. The van der Waals surface area contributed by atoms with E-state index in [-0.39, 0.29) is 28.7 Å². The van der Waals surface area contributed by atoms with E-state index in [1.165, 1.54) is 31.0 Å². The molecule has 1 N–H and O–H groups in total. The molecule has 28 heavy (non-hydrogen) atoms. The zero-order chi connectivity index (χ0) is 19.7. The average Bonchev–Trinajstić information content (AvgIpc) is 3.16. The summed E-state index contributed by atoms with van der Waals surface area (Å²) in [5.41, 5.74) is 1.91. The number of aliphatic imine (C=N–C) groups is 1. The van der Waals surface area contributed by atoms with Crippen molar-refractivity contribution in [2.75, 3.05) is 23.9 Å². The molecule has 152 valence electrons. The number of likely N-dealkylation sites (N-methyl/N-ethyl adjacent to an activating group) is 1. The van der Waals surface area contributed by atoms with Crippen LogP contribution in [0.2, 0.25) is 0 Å². The van der Waals surface area contributed by atoms with Crippen LogP contribution in [0.1, 0.15) is 37.7 Å². The smallest absolute Gasteiger partial charge is 0.226 e. The van der Waals surface area contributed by atoms with E-state index in [1.807, 2.05) is 36.2 Å². The quantitative estimate of drug-likeness (QED) is 0.809. The lowest BCUT2D eigenvalue weighted by atomic mass is 9.94. The molecule has 8 heteroatoms. The highest BCUT2D eigenvalue weighted by molar-refractivity contribution is 8.15. The van der Waals surface area contributed by atoms with E-state index in [4.69, 9.17) is 0 Å². The fourth-order valence-electron chi connectivity index (χ4n) is 4.22. The van der Waals surface area contributed by atoms with Gasteiger partial charge in [0.2, 0.25) is 5.91 Å². The molecular formula is C20H27N3O3S2. The highest BCUT2D eigenvalue weighted by atomic mass is 32.2. The molecule has 1 amide bonds. The van der Waals surface area contributed by atoms with Gasteiger partial charge in [0.1, 0.15) is 0 Å². The monoisotopic (exact) mass is 421 g/mol. The fourth-order valence-corrected chi connectivity index (χ4v) is 7.89. The third-order valence-electron chi connectivity index (χ3n) is 5.89. The summed E-state index contributed by atoms with van der Waals surface area (Å²) in [5.74, 6) is 0.551. The second-order valence-electron chi connectivity index (χ2n) is 8.03. The highest BCUT2D eigenvalue weighted by Gasteiger charge is 2.42. The van der Waals surface area contributed by atoms with Gasteiger partial charge >= 0.3 is 0 Å². The number of fused-ring (bicyclic) bond motifs is 1. The third-order valence-corrected chi connectivity index (χ3v) is 9.04. The van der Waals surface area contributed by atoms with Crippen LogP contribution in [0, 0.1) is 0 Å². The molecular weight excluding hydrogens is 394 g/mol. The molecule has 0 bridgehead atoms. The number of nitrogens with one attached hydrogen (secondary N) is 1. The molecule has 4 rings (SSSR count). The van der Waals surface area contributed by atoms with E-state index in [9.17, 15) is 13.2 Å². The number of carbonyl (C=O) groups excluding carboxylic acids is 1. The highest BCUT2D eigenvalue weighted by Crippen LogP contribution is 2.34. The molecule has 0 radical (unpaired) electrons. The molecule has 6 nitrogen and oxygen atoms in total. The first kappa shape index (κ1) is 19.8. The van der Waals surface area contributed by atoms with E-state index in [0.29, 0.717) is 12.5 Å². The molecule has 1 aromatic rings. The van der Waals surface area contributed by atoms with Crippen LogP contribution in [0.3, 0.4) is 0 Å². The van der Waals surface area contributed by atoms with Crippen molar-refractivity contribution in [2.45, 2.75) is 55.9 Å². The van der Waals surface area contributed by atoms with Crippen molar-refractivity contribution in [3.05, 3.63) is 29.8 Å². The number of anilines is 1. The minimum Gasteiger partial charge on any atom is -0.342 e. The Hall–Kier alpha value is -1.54.